The molecule has 1 N–H and O–H groups in total. The van der Waals surface area contributed by atoms with Crippen molar-refractivity contribution in [3.8, 4) is 11.8 Å². The highest BCUT2D eigenvalue weighted by molar-refractivity contribution is 6.36. The number of nitrogens with zero attached hydrogens (tertiary/aromatic N) is 1. The van der Waals surface area contributed by atoms with Gasteiger partial charge in [-0.25, -0.2) is 0 Å². The van der Waals surface area contributed by atoms with Crippen LogP contribution in [0.4, 0.5) is 5.69 Å². The van der Waals surface area contributed by atoms with Crippen LogP contribution < -0.4 is 10.1 Å². The summed E-state index contributed by atoms with van der Waals surface area (Å²) in [7, 11) is 0. The van der Waals surface area contributed by atoms with Crippen LogP contribution in [-0.4, -0.2) is 12.5 Å². The predicted octanol–water partition coefficient (Wildman–Crippen LogP) is 5.55. The van der Waals surface area contributed by atoms with Crippen LogP contribution in [0.5, 0.6) is 5.75 Å². The van der Waals surface area contributed by atoms with E-state index in [1.54, 1.807) is 18.2 Å². The molecular formula is C20H18Cl2N2O2. The molecule has 6 heteroatoms. The number of carbonyl (C=O) groups is 1. The normalized spacial score (nSPS) is 11.0. The second kappa shape index (κ2) is 8.75. The van der Waals surface area contributed by atoms with Crippen LogP contribution >= 0.6 is 23.2 Å². The Morgan fingerprint density at radius 2 is 2.04 bits per heavy atom. The topological polar surface area (TPSA) is 62.1 Å². The average molecular weight is 389 g/mol. The van der Waals surface area contributed by atoms with Gasteiger partial charge in [-0.2, -0.15) is 5.26 Å². The highest BCUT2D eigenvalue weighted by Crippen LogP contribution is 2.34. The number of rotatable bonds is 5. The number of benzene rings is 2. The summed E-state index contributed by atoms with van der Waals surface area (Å²) in [6, 6.07) is 10.7. The van der Waals surface area contributed by atoms with Gasteiger partial charge in [0, 0.05) is 16.3 Å². The van der Waals surface area contributed by atoms with E-state index in [4.69, 9.17) is 27.9 Å². The van der Waals surface area contributed by atoms with Crippen molar-refractivity contribution in [3.63, 3.8) is 0 Å². The SMILES string of the molecule is CCOc1c(Cl)cc(Cl)cc1/C=C(\C#N)C(=O)Nc1cccc(C)c1C. The van der Waals surface area contributed by atoms with Gasteiger partial charge >= 0.3 is 0 Å². The summed E-state index contributed by atoms with van der Waals surface area (Å²) in [5, 5.41) is 12.9. The van der Waals surface area contributed by atoms with E-state index in [0.29, 0.717) is 33.7 Å². The highest BCUT2D eigenvalue weighted by Gasteiger charge is 2.15. The van der Waals surface area contributed by atoms with E-state index in [2.05, 4.69) is 5.32 Å². The van der Waals surface area contributed by atoms with Gasteiger partial charge in [-0.15, -0.1) is 0 Å². The molecule has 26 heavy (non-hydrogen) atoms. The summed E-state index contributed by atoms with van der Waals surface area (Å²) < 4.78 is 5.52. The Balaban J connectivity index is 2.40. The fourth-order valence-electron chi connectivity index (χ4n) is 2.36. The number of halogens is 2. The van der Waals surface area contributed by atoms with E-state index in [0.717, 1.165) is 11.1 Å². The summed E-state index contributed by atoms with van der Waals surface area (Å²) in [4.78, 5) is 12.5. The molecule has 0 heterocycles. The molecule has 0 saturated heterocycles. The van der Waals surface area contributed by atoms with Crippen LogP contribution in [0.3, 0.4) is 0 Å². The maximum absolute atomic E-state index is 12.5. The maximum Gasteiger partial charge on any atom is 0.266 e. The smallest absolute Gasteiger partial charge is 0.266 e. The number of anilines is 1. The van der Waals surface area contributed by atoms with Crippen molar-refractivity contribution in [2.45, 2.75) is 20.8 Å². The number of hydrogen-bond donors (Lipinski definition) is 1. The Bertz CT molecular complexity index is 915. The minimum Gasteiger partial charge on any atom is -0.492 e. The zero-order valence-electron chi connectivity index (χ0n) is 14.7. The molecule has 2 aromatic rings. The molecule has 0 bridgehead atoms. The summed E-state index contributed by atoms with van der Waals surface area (Å²) in [6.45, 7) is 6.06. The monoisotopic (exact) mass is 388 g/mol. The highest BCUT2D eigenvalue weighted by atomic mass is 35.5. The van der Waals surface area contributed by atoms with Crippen molar-refractivity contribution in [2.24, 2.45) is 0 Å². The van der Waals surface area contributed by atoms with Gasteiger partial charge in [-0.3, -0.25) is 4.79 Å². The lowest BCUT2D eigenvalue weighted by Gasteiger charge is -2.12. The second-order valence-electron chi connectivity index (χ2n) is 5.61. The first-order chi connectivity index (χ1) is 12.4. The van der Waals surface area contributed by atoms with Gasteiger partial charge in [-0.1, -0.05) is 35.3 Å². The fourth-order valence-corrected chi connectivity index (χ4v) is 2.93. The lowest BCUT2D eigenvalue weighted by molar-refractivity contribution is -0.112. The number of hydrogen-bond acceptors (Lipinski definition) is 3. The molecule has 0 fully saturated rings. The Morgan fingerprint density at radius 1 is 1.31 bits per heavy atom. The van der Waals surface area contributed by atoms with Crippen molar-refractivity contribution in [1.29, 1.82) is 5.26 Å². The minimum atomic E-state index is -0.514. The number of ether oxygens (including phenoxy) is 1. The van der Waals surface area contributed by atoms with Gasteiger partial charge in [0.15, 0.2) is 0 Å². The van der Waals surface area contributed by atoms with Gasteiger partial charge in [0.25, 0.3) is 5.91 Å². The number of amides is 1. The summed E-state index contributed by atoms with van der Waals surface area (Å²) >= 11 is 12.2. The third kappa shape index (κ3) is 4.57. The van der Waals surface area contributed by atoms with E-state index < -0.39 is 5.91 Å². The second-order valence-corrected chi connectivity index (χ2v) is 6.45. The van der Waals surface area contributed by atoms with E-state index in [-0.39, 0.29) is 5.57 Å². The molecule has 0 aliphatic carbocycles. The van der Waals surface area contributed by atoms with Crippen molar-refractivity contribution in [3.05, 3.63) is 62.6 Å². The molecule has 0 unspecified atom stereocenters. The fraction of sp³-hybridized carbons (Fsp3) is 0.200. The predicted molar refractivity (Wildman–Crippen MR) is 106 cm³/mol. The lowest BCUT2D eigenvalue weighted by Crippen LogP contribution is -2.14. The quantitative estimate of drug-likeness (QED) is 0.538. The summed E-state index contributed by atoms with van der Waals surface area (Å²) in [5.74, 6) is -0.134. The Hall–Kier alpha value is -2.48. The van der Waals surface area contributed by atoms with Crippen LogP contribution in [0.25, 0.3) is 6.08 Å². The third-order valence-corrected chi connectivity index (χ3v) is 4.34. The first kappa shape index (κ1) is 19.8. The number of nitrogens with one attached hydrogen (secondary N) is 1. The van der Waals surface area contributed by atoms with Gasteiger partial charge in [0.2, 0.25) is 0 Å². The van der Waals surface area contributed by atoms with Gasteiger partial charge in [-0.05, 0) is 56.2 Å². The molecule has 134 valence electrons. The molecule has 0 spiro atoms. The first-order valence-corrected chi connectivity index (χ1v) is 8.74. The first-order valence-electron chi connectivity index (χ1n) is 7.98. The zero-order chi connectivity index (χ0) is 19.3. The molecular weight excluding hydrogens is 371 g/mol. The Morgan fingerprint density at radius 3 is 2.69 bits per heavy atom. The van der Waals surface area contributed by atoms with Crippen LogP contribution in [-0.2, 0) is 4.79 Å². The average Bonchev–Trinajstić information content (AvgIpc) is 2.59. The molecule has 1 amide bonds. The van der Waals surface area contributed by atoms with E-state index in [1.165, 1.54) is 6.08 Å². The van der Waals surface area contributed by atoms with Crippen LogP contribution in [0.2, 0.25) is 10.0 Å². The molecule has 0 saturated carbocycles. The van der Waals surface area contributed by atoms with Gasteiger partial charge < -0.3 is 10.1 Å². The Kier molecular flexibility index (Phi) is 6.68. The molecule has 0 radical (unpaired) electrons. The van der Waals surface area contributed by atoms with E-state index in [1.807, 2.05) is 39.0 Å². The lowest BCUT2D eigenvalue weighted by atomic mass is 10.1. The number of carbonyl (C=O) groups excluding carboxylic acids is 1. The van der Waals surface area contributed by atoms with Crippen molar-refractivity contribution in [1.82, 2.24) is 0 Å². The largest absolute Gasteiger partial charge is 0.492 e. The number of nitriles is 1. The van der Waals surface area contributed by atoms with Gasteiger partial charge in [0.05, 0.1) is 11.6 Å². The summed E-state index contributed by atoms with van der Waals surface area (Å²) in [6.07, 6.45) is 1.42. The Labute approximate surface area is 163 Å². The molecule has 2 rings (SSSR count). The molecule has 0 atom stereocenters. The zero-order valence-corrected chi connectivity index (χ0v) is 16.2. The van der Waals surface area contributed by atoms with Crippen molar-refractivity contribution >= 4 is 40.9 Å². The minimum absolute atomic E-state index is 0.0785. The molecule has 2 aromatic carbocycles. The molecule has 0 aliphatic heterocycles. The third-order valence-electron chi connectivity index (χ3n) is 3.84. The van der Waals surface area contributed by atoms with Gasteiger partial charge in [0.1, 0.15) is 17.4 Å². The van der Waals surface area contributed by atoms with Crippen LogP contribution in [0.1, 0.15) is 23.6 Å². The van der Waals surface area contributed by atoms with Crippen LogP contribution in [0.15, 0.2) is 35.9 Å². The van der Waals surface area contributed by atoms with E-state index in [9.17, 15) is 10.1 Å². The summed E-state index contributed by atoms with van der Waals surface area (Å²) in [5.41, 5.74) is 3.04. The molecule has 4 nitrogen and oxygen atoms in total. The maximum atomic E-state index is 12.5. The van der Waals surface area contributed by atoms with Crippen molar-refractivity contribution in [2.75, 3.05) is 11.9 Å². The van der Waals surface area contributed by atoms with E-state index >= 15 is 0 Å². The standard InChI is InChI=1S/C20H18Cl2N2O2/c1-4-26-19-14(9-16(21)10-17(19)22)8-15(11-23)20(25)24-18-7-5-6-12(2)13(18)3/h5-10H,4H2,1-3H3,(H,24,25)/b15-8+. The van der Waals surface area contributed by atoms with Crippen LogP contribution in [0, 0.1) is 25.2 Å². The molecule has 0 aliphatic rings. The number of aryl methyl sites for hydroxylation is 1. The molecule has 0 aromatic heterocycles. The van der Waals surface area contributed by atoms with Crippen molar-refractivity contribution < 1.29 is 9.53 Å².